The van der Waals surface area contributed by atoms with Crippen LogP contribution in [-0.4, -0.2) is 7.11 Å². The second kappa shape index (κ2) is 3.46. The van der Waals surface area contributed by atoms with E-state index < -0.39 is 0 Å². The number of nitrogens with two attached hydrogens (primary N) is 1. The van der Waals surface area contributed by atoms with E-state index in [0.29, 0.717) is 5.69 Å². The van der Waals surface area contributed by atoms with Gasteiger partial charge in [-0.05, 0) is 24.3 Å². The molecule has 2 rings (SSSR count). The van der Waals surface area contributed by atoms with Crippen molar-refractivity contribution in [2.45, 2.75) is 0 Å². The Morgan fingerprint density at radius 2 is 2.07 bits per heavy atom. The third kappa shape index (κ3) is 1.33. The molecule has 0 aliphatic carbocycles. The molecule has 14 heavy (non-hydrogen) atoms. The molecule has 0 bridgehead atoms. The van der Waals surface area contributed by atoms with Gasteiger partial charge in [0.05, 0.1) is 18.9 Å². The molecule has 2 N–H and O–H groups in total. The molecule has 1 heterocycles. The number of hydrogen-bond acceptors (Lipinski definition) is 3. The Balaban J connectivity index is 2.61. The molecule has 72 valence electrons. The van der Waals surface area contributed by atoms with Gasteiger partial charge in [-0.3, -0.25) is 0 Å². The fraction of sp³-hybridized carbons (Fsp3) is 0.0909. The van der Waals surface area contributed by atoms with E-state index in [-0.39, 0.29) is 0 Å². The quantitative estimate of drug-likeness (QED) is 0.738. The topological polar surface area (TPSA) is 48.4 Å². The molecule has 0 saturated heterocycles. The van der Waals surface area contributed by atoms with Crippen LogP contribution in [0.3, 0.4) is 0 Å². The normalized spacial score (nSPS) is 10.1. The molecule has 0 aliphatic heterocycles. The Hall–Kier alpha value is -1.90. The third-order valence-electron chi connectivity index (χ3n) is 2.05. The van der Waals surface area contributed by atoms with E-state index in [1.807, 2.05) is 30.3 Å². The Morgan fingerprint density at radius 1 is 1.21 bits per heavy atom. The molecule has 0 saturated carbocycles. The van der Waals surface area contributed by atoms with E-state index in [1.54, 1.807) is 13.4 Å². The summed E-state index contributed by atoms with van der Waals surface area (Å²) in [5, 5.41) is 0. The van der Waals surface area contributed by atoms with Crippen LogP contribution in [0.15, 0.2) is 41.0 Å². The summed E-state index contributed by atoms with van der Waals surface area (Å²) in [5.74, 6) is 1.44. The van der Waals surface area contributed by atoms with Gasteiger partial charge in [-0.1, -0.05) is 6.07 Å². The first-order chi connectivity index (χ1) is 6.83. The molecule has 0 atom stereocenters. The lowest BCUT2D eigenvalue weighted by molar-refractivity contribution is 0.415. The predicted molar refractivity (Wildman–Crippen MR) is 55.1 cm³/mol. The van der Waals surface area contributed by atoms with E-state index in [2.05, 4.69) is 0 Å². The highest BCUT2D eigenvalue weighted by Gasteiger charge is 2.10. The van der Waals surface area contributed by atoms with E-state index in [4.69, 9.17) is 14.9 Å². The van der Waals surface area contributed by atoms with Gasteiger partial charge in [0, 0.05) is 5.69 Å². The Kier molecular flexibility index (Phi) is 2.14. The molecule has 3 heteroatoms. The number of furan rings is 1. The van der Waals surface area contributed by atoms with Crippen molar-refractivity contribution in [1.82, 2.24) is 0 Å². The molecular formula is C11H11NO2. The summed E-state index contributed by atoms with van der Waals surface area (Å²) < 4.78 is 10.5. The van der Waals surface area contributed by atoms with Crippen molar-refractivity contribution in [1.29, 1.82) is 0 Å². The maximum Gasteiger partial charge on any atom is 0.139 e. The average molecular weight is 189 g/mol. The van der Waals surface area contributed by atoms with Crippen molar-refractivity contribution in [3.63, 3.8) is 0 Å². The second-order valence-electron chi connectivity index (χ2n) is 2.90. The van der Waals surface area contributed by atoms with Crippen molar-refractivity contribution in [2.24, 2.45) is 0 Å². The van der Waals surface area contributed by atoms with Crippen LogP contribution in [0.4, 0.5) is 5.69 Å². The Labute approximate surface area is 82.1 Å². The lowest BCUT2D eigenvalue weighted by Crippen LogP contribution is -1.93. The minimum atomic E-state index is 0.652. The number of anilines is 1. The van der Waals surface area contributed by atoms with Crippen molar-refractivity contribution < 1.29 is 9.15 Å². The molecule has 0 amide bonds. The van der Waals surface area contributed by atoms with E-state index >= 15 is 0 Å². The Morgan fingerprint density at radius 3 is 2.71 bits per heavy atom. The van der Waals surface area contributed by atoms with Crippen LogP contribution in [0.1, 0.15) is 0 Å². The first-order valence-corrected chi connectivity index (χ1v) is 4.29. The van der Waals surface area contributed by atoms with Crippen LogP contribution in [0, 0.1) is 0 Å². The van der Waals surface area contributed by atoms with Gasteiger partial charge in [0.2, 0.25) is 0 Å². The largest absolute Gasteiger partial charge is 0.496 e. The standard InChI is InChI=1S/C11H11NO2/c1-13-9-5-2-4-8(12)11(9)10-6-3-7-14-10/h2-7H,12H2,1H3. The molecule has 1 aromatic heterocycles. The molecule has 0 unspecified atom stereocenters. The molecule has 2 aromatic rings. The predicted octanol–water partition coefficient (Wildman–Crippen LogP) is 2.54. The first-order valence-electron chi connectivity index (χ1n) is 4.29. The van der Waals surface area contributed by atoms with Crippen LogP contribution < -0.4 is 10.5 Å². The highest BCUT2D eigenvalue weighted by molar-refractivity contribution is 5.78. The molecular weight excluding hydrogens is 178 g/mol. The van der Waals surface area contributed by atoms with Crippen LogP contribution in [0.5, 0.6) is 5.75 Å². The SMILES string of the molecule is COc1cccc(N)c1-c1ccco1. The van der Waals surface area contributed by atoms with Gasteiger partial charge in [-0.2, -0.15) is 0 Å². The summed E-state index contributed by atoms with van der Waals surface area (Å²) in [6.45, 7) is 0. The summed E-state index contributed by atoms with van der Waals surface area (Å²) in [5.41, 5.74) is 7.31. The zero-order valence-electron chi connectivity index (χ0n) is 7.86. The van der Waals surface area contributed by atoms with Gasteiger partial charge in [-0.15, -0.1) is 0 Å². The van der Waals surface area contributed by atoms with Gasteiger partial charge in [-0.25, -0.2) is 0 Å². The monoisotopic (exact) mass is 189 g/mol. The maximum absolute atomic E-state index is 5.85. The Bertz CT molecular complexity index is 421. The van der Waals surface area contributed by atoms with Gasteiger partial charge in [0.25, 0.3) is 0 Å². The fourth-order valence-corrected chi connectivity index (χ4v) is 1.40. The summed E-state index contributed by atoms with van der Waals surface area (Å²) >= 11 is 0. The summed E-state index contributed by atoms with van der Waals surface area (Å²) in [6.07, 6.45) is 1.61. The van der Waals surface area contributed by atoms with Crippen LogP contribution >= 0.6 is 0 Å². The second-order valence-corrected chi connectivity index (χ2v) is 2.90. The van der Waals surface area contributed by atoms with Crippen LogP contribution in [-0.2, 0) is 0 Å². The van der Waals surface area contributed by atoms with Crippen molar-refractivity contribution in [2.75, 3.05) is 12.8 Å². The number of benzene rings is 1. The van der Waals surface area contributed by atoms with Gasteiger partial charge in [0.1, 0.15) is 11.5 Å². The van der Waals surface area contributed by atoms with Crippen molar-refractivity contribution >= 4 is 5.69 Å². The molecule has 0 fully saturated rings. The number of hydrogen-bond donors (Lipinski definition) is 1. The lowest BCUT2D eigenvalue weighted by Gasteiger charge is -2.08. The molecule has 0 radical (unpaired) electrons. The maximum atomic E-state index is 5.85. The summed E-state index contributed by atoms with van der Waals surface area (Å²) in [6, 6.07) is 9.20. The zero-order chi connectivity index (χ0) is 9.97. The first kappa shape index (κ1) is 8.69. The average Bonchev–Trinajstić information content (AvgIpc) is 2.70. The van der Waals surface area contributed by atoms with E-state index in [1.165, 1.54) is 0 Å². The third-order valence-corrected chi connectivity index (χ3v) is 2.05. The van der Waals surface area contributed by atoms with E-state index in [0.717, 1.165) is 17.1 Å². The summed E-state index contributed by atoms with van der Waals surface area (Å²) in [4.78, 5) is 0. The fourth-order valence-electron chi connectivity index (χ4n) is 1.40. The lowest BCUT2D eigenvalue weighted by atomic mass is 10.1. The van der Waals surface area contributed by atoms with Crippen molar-refractivity contribution in [3.8, 4) is 17.1 Å². The van der Waals surface area contributed by atoms with Gasteiger partial charge < -0.3 is 14.9 Å². The molecule has 0 spiro atoms. The number of methoxy groups -OCH3 is 1. The highest BCUT2D eigenvalue weighted by atomic mass is 16.5. The molecule has 1 aromatic carbocycles. The minimum Gasteiger partial charge on any atom is -0.496 e. The molecule has 3 nitrogen and oxygen atoms in total. The number of ether oxygens (including phenoxy) is 1. The van der Waals surface area contributed by atoms with Gasteiger partial charge in [0.15, 0.2) is 0 Å². The number of rotatable bonds is 2. The van der Waals surface area contributed by atoms with E-state index in [9.17, 15) is 0 Å². The molecule has 0 aliphatic rings. The highest BCUT2D eigenvalue weighted by Crippen LogP contribution is 2.34. The van der Waals surface area contributed by atoms with Crippen molar-refractivity contribution in [3.05, 3.63) is 36.6 Å². The van der Waals surface area contributed by atoms with Gasteiger partial charge >= 0.3 is 0 Å². The summed E-state index contributed by atoms with van der Waals surface area (Å²) in [7, 11) is 1.61. The smallest absolute Gasteiger partial charge is 0.139 e. The minimum absolute atomic E-state index is 0.652. The van der Waals surface area contributed by atoms with Crippen LogP contribution in [0.2, 0.25) is 0 Å². The zero-order valence-corrected chi connectivity index (χ0v) is 7.86. The number of nitrogen functional groups attached to an aromatic ring is 1. The van der Waals surface area contributed by atoms with Crippen LogP contribution in [0.25, 0.3) is 11.3 Å².